The second kappa shape index (κ2) is 9.65. The zero-order valence-electron chi connectivity index (χ0n) is 16.5. The molecule has 28 heavy (non-hydrogen) atoms. The summed E-state index contributed by atoms with van der Waals surface area (Å²) in [5, 5.41) is 8.16. The number of rotatable bonds is 8. The summed E-state index contributed by atoms with van der Waals surface area (Å²) in [5.41, 5.74) is 2.78. The number of methoxy groups -OCH3 is 1. The first-order valence-electron chi connectivity index (χ1n) is 8.73. The van der Waals surface area contributed by atoms with Gasteiger partial charge in [-0.1, -0.05) is 38.1 Å². The van der Waals surface area contributed by atoms with Crippen molar-refractivity contribution in [3.8, 4) is 5.75 Å². The molecule has 9 nitrogen and oxygen atoms in total. The van der Waals surface area contributed by atoms with Crippen LogP contribution in [0.5, 0.6) is 5.75 Å². The summed E-state index contributed by atoms with van der Waals surface area (Å²) in [7, 11) is 1.57. The van der Waals surface area contributed by atoms with Gasteiger partial charge in [0, 0.05) is 0 Å². The lowest BCUT2D eigenvalue weighted by atomic mass is 9.88. The van der Waals surface area contributed by atoms with Crippen LogP contribution in [-0.4, -0.2) is 34.0 Å². The highest BCUT2D eigenvalue weighted by Gasteiger charge is 2.20. The summed E-state index contributed by atoms with van der Waals surface area (Å²) in [6.07, 6.45) is 6.93. The Kier molecular flexibility index (Phi) is 7.28. The van der Waals surface area contributed by atoms with E-state index in [4.69, 9.17) is 15.4 Å². The van der Waals surface area contributed by atoms with Gasteiger partial charge in [-0.15, -0.1) is 0 Å². The quantitative estimate of drug-likeness (QED) is 0.180. The molecule has 0 saturated heterocycles. The Balaban J connectivity index is 2.21. The van der Waals surface area contributed by atoms with E-state index in [0.29, 0.717) is 11.3 Å². The molecule has 0 fully saturated rings. The molecular weight excluding hydrogens is 360 g/mol. The van der Waals surface area contributed by atoms with Crippen LogP contribution in [0.15, 0.2) is 47.8 Å². The fraction of sp³-hybridized carbons (Fsp3) is 0.368. The highest BCUT2D eigenvalue weighted by atomic mass is 16.6. The molecule has 9 heteroatoms. The van der Waals surface area contributed by atoms with E-state index in [0.717, 1.165) is 6.42 Å². The van der Waals surface area contributed by atoms with Crippen molar-refractivity contribution in [1.29, 1.82) is 0 Å². The molecule has 0 spiro atoms. The lowest BCUT2D eigenvalue weighted by Gasteiger charge is -2.23. The van der Waals surface area contributed by atoms with Crippen molar-refractivity contribution in [3.63, 3.8) is 0 Å². The minimum absolute atomic E-state index is 0.0243. The summed E-state index contributed by atoms with van der Waals surface area (Å²) >= 11 is 0. The largest absolute Gasteiger partial charge is 0.497 e. The van der Waals surface area contributed by atoms with Crippen molar-refractivity contribution in [2.24, 2.45) is 16.4 Å². The second-order valence-electron chi connectivity index (χ2n) is 7.31. The van der Waals surface area contributed by atoms with Crippen molar-refractivity contribution in [2.45, 2.75) is 33.2 Å². The van der Waals surface area contributed by atoms with E-state index in [1.807, 2.05) is 0 Å². The molecule has 2 rings (SSSR count). The fourth-order valence-corrected chi connectivity index (χ4v) is 2.48. The Morgan fingerprint density at radius 1 is 1.43 bits per heavy atom. The summed E-state index contributed by atoms with van der Waals surface area (Å²) in [6.45, 7) is 6.34. The average Bonchev–Trinajstić information content (AvgIpc) is 3.19. The minimum atomic E-state index is -0.604. The van der Waals surface area contributed by atoms with Crippen LogP contribution >= 0.6 is 0 Å². The molecule has 0 aliphatic carbocycles. The van der Waals surface area contributed by atoms with Crippen LogP contribution in [0, 0.1) is 5.41 Å². The molecule has 150 valence electrons. The molecule has 1 unspecified atom stereocenters. The van der Waals surface area contributed by atoms with Crippen LogP contribution in [-0.2, 0) is 9.63 Å². The third kappa shape index (κ3) is 6.51. The first-order chi connectivity index (χ1) is 13.3. The maximum absolute atomic E-state index is 12.0. The maximum Gasteiger partial charge on any atom is 0.303 e. The van der Waals surface area contributed by atoms with Crippen molar-refractivity contribution in [3.05, 3.63) is 48.2 Å². The van der Waals surface area contributed by atoms with Gasteiger partial charge >= 0.3 is 5.91 Å². The molecular formula is C19H26N6O3. The molecule has 3 N–H and O–H groups in total. The van der Waals surface area contributed by atoms with E-state index in [1.165, 1.54) is 12.4 Å². The molecule has 0 aliphatic rings. The smallest absolute Gasteiger partial charge is 0.303 e. The number of carbonyl (C=O) groups excluding carboxylic acids is 1. The molecule has 1 amide bonds. The lowest BCUT2D eigenvalue weighted by molar-refractivity contribution is -0.120. The standard InChI is InChI=1S/C19H26N6O3/c1-19(2,3)10-15(25-13-21-12-22-25)11-23-28-17(18(26)24-20)9-14-6-5-7-16(8-14)27-4/h5-9,11-13,15H,10,20H2,1-4H3,(H,24,26)/b17-9?,23-11-. The number of carbonyl (C=O) groups is 1. The van der Waals surface area contributed by atoms with Crippen molar-refractivity contribution < 1.29 is 14.4 Å². The number of nitrogens with zero attached hydrogens (tertiary/aromatic N) is 4. The molecule has 0 saturated carbocycles. The van der Waals surface area contributed by atoms with Crippen molar-refractivity contribution in [1.82, 2.24) is 20.2 Å². The van der Waals surface area contributed by atoms with Gasteiger partial charge in [0.25, 0.3) is 0 Å². The second-order valence-corrected chi connectivity index (χ2v) is 7.31. The van der Waals surface area contributed by atoms with Crippen LogP contribution < -0.4 is 16.0 Å². The molecule has 1 heterocycles. The number of hydrogen-bond donors (Lipinski definition) is 2. The number of oxime groups is 1. The van der Waals surface area contributed by atoms with E-state index in [1.54, 1.807) is 48.6 Å². The van der Waals surface area contributed by atoms with E-state index >= 15 is 0 Å². The van der Waals surface area contributed by atoms with Crippen LogP contribution in [0.3, 0.4) is 0 Å². The summed E-state index contributed by atoms with van der Waals surface area (Å²) in [4.78, 5) is 21.4. The highest BCUT2D eigenvalue weighted by molar-refractivity contribution is 5.95. The topological polar surface area (TPSA) is 117 Å². The average molecular weight is 386 g/mol. The van der Waals surface area contributed by atoms with Gasteiger partial charge in [-0.25, -0.2) is 15.5 Å². The van der Waals surface area contributed by atoms with Crippen molar-refractivity contribution in [2.75, 3.05) is 7.11 Å². The molecule has 1 atom stereocenters. The number of amides is 1. The van der Waals surface area contributed by atoms with Gasteiger partial charge < -0.3 is 9.57 Å². The molecule has 1 aromatic heterocycles. The number of hydrazine groups is 1. The van der Waals surface area contributed by atoms with Gasteiger partial charge in [0.1, 0.15) is 18.4 Å². The molecule has 0 radical (unpaired) electrons. The summed E-state index contributed by atoms with van der Waals surface area (Å²) < 4.78 is 6.87. The van der Waals surface area contributed by atoms with Gasteiger partial charge in [0.05, 0.1) is 19.4 Å². The lowest BCUT2D eigenvalue weighted by Crippen LogP contribution is -2.31. The van der Waals surface area contributed by atoms with Crippen LogP contribution in [0.25, 0.3) is 6.08 Å². The molecule has 0 bridgehead atoms. The van der Waals surface area contributed by atoms with Gasteiger partial charge in [-0.2, -0.15) is 5.10 Å². The fourth-order valence-electron chi connectivity index (χ4n) is 2.48. The van der Waals surface area contributed by atoms with E-state index < -0.39 is 5.91 Å². The number of nitrogens with two attached hydrogens (primary N) is 1. The van der Waals surface area contributed by atoms with Gasteiger partial charge in [-0.3, -0.25) is 10.2 Å². The van der Waals surface area contributed by atoms with Crippen LogP contribution in [0.1, 0.15) is 38.8 Å². The highest BCUT2D eigenvalue weighted by Crippen LogP contribution is 2.26. The summed E-state index contributed by atoms with van der Waals surface area (Å²) in [6, 6.07) is 6.98. The van der Waals surface area contributed by atoms with E-state index in [9.17, 15) is 4.79 Å². The molecule has 2 aromatic rings. The maximum atomic E-state index is 12.0. The SMILES string of the molecule is COc1cccc(C=C(O/N=C\C(CC(C)(C)C)n2cncn2)C(=O)NN)c1. The van der Waals surface area contributed by atoms with Crippen LogP contribution in [0.2, 0.25) is 0 Å². The summed E-state index contributed by atoms with van der Waals surface area (Å²) in [5.74, 6) is 5.25. The predicted octanol–water partition coefficient (Wildman–Crippen LogP) is 2.30. The van der Waals surface area contributed by atoms with Crippen LogP contribution in [0.4, 0.5) is 0 Å². The molecule has 0 aliphatic heterocycles. The zero-order chi connectivity index (χ0) is 20.6. The third-order valence-corrected chi connectivity index (χ3v) is 3.73. The van der Waals surface area contributed by atoms with E-state index in [2.05, 4.69) is 41.4 Å². The predicted molar refractivity (Wildman–Crippen MR) is 106 cm³/mol. The zero-order valence-corrected chi connectivity index (χ0v) is 16.5. The number of ether oxygens (including phenoxy) is 1. The van der Waals surface area contributed by atoms with Crippen molar-refractivity contribution >= 4 is 18.2 Å². The number of aromatic nitrogens is 3. The third-order valence-electron chi connectivity index (χ3n) is 3.73. The van der Waals surface area contributed by atoms with Gasteiger partial charge in [-0.05, 0) is 35.6 Å². The number of benzene rings is 1. The Hall–Kier alpha value is -3.20. The van der Waals surface area contributed by atoms with E-state index in [-0.39, 0.29) is 17.2 Å². The molecule has 1 aromatic carbocycles. The Labute approximate surface area is 164 Å². The first kappa shape index (κ1) is 21.1. The Bertz CT molecular complexity index is 824. The number of hydrogen-bond acceptors (Lipinski definition) is 7. The monoisotopic (exact) mass is 386 g/mol. The Morgan fingerprint density at radius 3 is 2.82 bits per heavy atom. The minimum Gasteiger partial charge on any atom is -0.497 e. The number of nitrogens with one attached hydrogen (secondary N) is 1. The first-order valence-corrected chi connectivity index (χ1v) is 8.73. The van der Waals surface area contributed by atoms with Gasteiger partial charge in [0.15, 0.2) is 0 Å². The Morgan fingerprint density at radius 2 is 2.21 bits per heavy atom. The van der Waals surface area contributed by atoms with Gasteiger partial charge in [0.2, 0.25) is 5.76 Å². The normalized spacial score (nSPS) is 13.4.